The molecule has 11 heteroatoms. The molecule has 1 N–H and O–H groups in total. The fourth-order valence-corrected chi connectivity index (χ4v) is 5.05. The molecule has 2 fully saturated rings. The minimum Gasteiger partial charge on any atom is -0.350 e. The monoisotopic (exact) mass is 484 g/mol. The largest absolute Gasteiger partial charge is 0.416 e. The van der Waals surface area contributed by atoms with E-state index in [1.807, 2.05) is 0 Å². The molecule has 1 unspecified atom stereocenters. The van der Waals surface area contributed by atoms with Crippen LogP contribution in [0.5, 0.6) is 0 Å². The van der Waals surface area contributed by atoms with Crippen LogP contribution in [0.25, 0.3) is 0 Å². The van der Waals surface area contributed by atoms with Crippen molar-refractivity contribution in [1.29, 1.82) is 0 Å². The molecule has 1 amide bonds. The van der Waals surface area contributed by atoms with E-state index in [1.54, 1.807) is 4.90 Å². The molecule has 2 aliphatic rings. The van der Waals surface area contributed by atoms with E-state index >= 15 is 0 Å². The van der Waals surface area contributed by atoms with Gasteiger partial charge in [0.05, 0.1) is 23.7 Å². The van der Waals surface area contributed by atoms with Crippen LogP contribution in [0.3, 0.4) is 0 Å². The molecule has 2 heterocycles. The van der Waals surface area contributed by atoms with E-state index in [-0.39, 0.29) is 28.7 Å². The molecule has 2 saturated heterocycles. The third-order valence-corrected chi connectivity index (χ3v) is 7.03. The normalized spacial score (nSPS) is 20.1. The Labute approximate surface area is 189 Å². The summed E-state index contributed by atoms with van der Waals surface area (Å²) in [6.45, 7) is 2.15. The summed E-state index contributed by atoms with van der Waals surface area (Å²) in [5, 5.41) is 0. The number of sulfonamides is 1. The number of piperidine rings is 1. The van der Waals surface area contributed by atoms with E-state index in [1.165, 1.54) is 30.3 Å². The smallest absolute Gasteiger partial charge is 0.350 e. The molecule has 0 spiro atoms. The molecule has 0 saturated carbocycles. The van der Waals surface area contributed by atoms with E-state index in [2.05, 4.69) is 4.72 Å². The maximum Gasteiger partial charge on any atom is 0.416 e. The topological polar surface area (TPSA) is 84.9 Å². The molecule has 0 aromatic heterocycles. The number of amides is 1. The number of carbonyl (C=O) groups is 1. The van der Waals surface area contributed by atoms with Gasteiger partial charge in [0.1, 0.15) is 0 Å². The lowest BCUT2D eigenvalue weighted by Gasteiger charge is -2.34. The van der Waals surface area contributed by atoms with Crippen LogP contribution in [0, 0.1) is 5.92 Å². The highest BCUT2D eigenvalue weighted by molar-refractivity contribution is 7.92. The first-order chi connectivity index (χ1) is 15.6. The van der Waals surface area contributed by atoms with E-state index in [0.717, 1.165) is 31.0 Å². The van der Waals surface area contributed by atoms with Crippen molar-refractivity contribution in [2.24, 2.45) is 5.92 Å². The van der Waals surface area contributed by atoms with E-state index in [9.17, 15) is 26.4 Å². The highest BCUT2D eigenvalue weighted by atomic mass is 32.2. The molecule has 178 valence electrons. The first-order valence-corrected chi connectivity index (χ1v) is 11.9. The van der Waals surface area contributed by atoms with Crippen LogP contribution in [0.15, 0.2) is 53.4 Å². The molecule has 4 rings (SSSR count). The number of rotatable bonds is 5. The summed E-state index contributed by atoms with van der Waals surface area (Å²) in [5.74, 6) is -0.144. The maximum absolute atomic E-state index is 12.9. The van der Waals surface area contributed by atoms with Crippen LogP contribution in [-0.4, -0.2) is 51.8 Å². The lowest BCUT2D eigenvalue weighted by Crippen LogP contribution is -2.43. The quantitative estimate of drug-likeness (QED) is 0.699. The van der Waals surface area contributed by atoms with Gasteiger partial charge < -0.3 is 14.4 Å². The summed E-state index contributed by atoms with van der Waals surface area (Å²) in [6.07, 6.45) is -3.19. The lowest BCUT2D eigenvalue weighted by atomic mass is 9.96. The highest BCUT2D eigenvalue weighted by Crippen LogP contribution is 2.31. The van der Waals surface area contributed by atoms with Gasteiger partial charge in [-0.05, 0) is 55.3 Å². The second-order valence-corrected chi connectivity index (χ2v) is 9.65. The summed E-state index contributed by atoms with van der Waals surface area (Å²) >= 11 is 0. The summed E-state index contributed by atoms with van der Waals surface area (Å²) in [7, 11) is -4.14. The zero-order chi connectivity index (χ0) is 23.6. The van der Waals surface area contributed by atoms with Gasteiger partial charge in [0.2, 0.25) is 0 Å². The standard InChI is InChI=1S/C22H23F3N2O5S/c23-22(24,25)17-4-1-5-18(13-17)26-33(29,30)19-8-6-15(7-9-19)20(28)27-10-2-3-16(14-27)21-31-11-12-32-21/h1,4-9,13,16,21,26H,2-3,10-12,14H2. The number of hydrogen-bond acceptors (Lipinski definition) is 5. The number of likely N-dealkylation sites (tertiary alicyclic amines) is 1. The van der Waals surface area contributed by atoms with Crippen molar-refractivity contribution < 1.29 is 35.9 Å². The SMILES string of the molecule is O=C(c1ccc(S(=O)(=O)Nc2cccc(C(F)(F)F)c2)cc1)N1CCCC(C2OCCO2)C1. The van der Waals surface area contributed by atoms with Gasteiger partial charge in [0, 0.05) is 30.3 Å². The Bertz CT molecular complexity index is 1100. The number of hydrogen-bond donors (Lipinski definition) is 1. The summed E-state index contributed by atoms with van der Waals surface area (Å²) in [4.78, 5) is 14.4. The van der Waals surface area contributed by atoms with Crippen LogP contribution < -0.4 is 4.72 Å². The zero-order valence-corrected chi connectivity index (χ0v) is 18.4. The third-order valence-electron chi connectivity index (χ3n) is 5.63. The van der Waals surface area contributed by atoms with Crippen LogP contribution in [0.1, 0.15) is 28.8 Å². The third kappa shape index (κ3) is 5.48. The van der Waals surface area contributed by atoms with E-state index in [4.69, 9.17) is 9.47 Å². The second kappa shape index (κ2) is 9.32. The van der Waals surface area contributed by atoms with Crippen molar-refractivity contribution >= 4 is 21.6 Å². The molecule has 33 heavy (non-hydrogen) atoms. The van der Waals surface area contributed by atoms with Gasteiger partial charge in [-0.2, -0.15) is 13.2 Å². The molecule has 7 nitrogen and oxygen atoms in total. The van der Waals surface area contributed by atoms with Gasteiger partial charge in [0.25, 0.3) is 15.9 Å². The Kier molecular flexibility index (Phi) is 6.64. The predicted octanol–water partition coefficient (Wildman–Crippen LogP) is 3.73. The Morgan fingerprint density at radius 1 is 1.06 bits per heavy atom. The first kappa shape index (κ1) is 23.5. The van der Waals surface area contributed by atoms with Crippen molar-refractivity contribution in [3.63, 3.8) is 0 Å². The number of carbonyl (C=O) groups excluding carboxylic acids is 1. The minimum absolute atomic E-state index is 0.0847. The van der Waals surface area contributed by atoms with Gasteiger partial charge in [-0.3, -0.25) is 9.52 Å². The molecule has 0 bridgehead atoms. The number of halogens is 3. The van der Waals surface area contributed by atoms with Crippen molar-refractivity contribution in [1.82, 2.24) is 4.90 Å². The van der Waals surface area contributed by atoms with Crippen molar-refractivity contribution in [2.75, 3.05) is 31.0 Å². The molecule has 2 aromatic rings. The Hall–Kier alpha value is -2.63. The number of benzene rings is 2. The molecule has 2 aromatic carbocycles. The Morgan fingerprint density at radius 3 is 2.42 bits per heavy atom. The summed E-state index contributed by atoms with van der Waals surface area (Å²) < 4.78 is 77.1. The average molecular weight is 484 g/mol. The van der Waals surface area contributed by atoms with Crippen molar-refractivity contribution in [3.8, 4) is 0 Å². The fourth-order valence-electron chi connectivity index (χ4n) is 4.00. The highest BCUT2D eigenvalue weighted by Gasteiger charge is 2.33. The molecular formula is C22H23F3N2O5S. The van der Waals surface area contributed by atoms with Crippen LogP contribution in [-0.2, 0) is 25.7 Å². The van der Waals surface area contributed by atoms with Crippen LogP contribution in [0.4, 0.5) is 18.9 Å². The lowest BCUT2D eigenvalue weighted by molar-refractivity contribution is -0.137. The predicted molar refractivity (Wildman–Crippen MR) is 113 cm³/mol. The molecule has 0 aliphatic carbocycles. The van der Waals surface area contributed by atoms with Gasteiger partial charge in [-0.1, -0.05) is 6.07 Å². The molecule has 2 aliphatic heterocycles. The number of nitrogens with zero attached hydrogens (tertiary/aromatic N) is 1. The second-order valence-electron chi connectivity index (χ2n) is 7.97. The van der Waals surface area contributed by atoms with Gasteiger partial charge in [-0.25, -0.2) is 8.42 Å². The van der Waals surface area contributed by atoms with Gasteiger partial charge in [0.15, 0.2) is 6.29 Å². The maximum atomic E-state index is 12.9. The van der Waals surface area contributed by atoms with Gasteiger partial charge >= 0.3 is 6.18 Å². The van der Waals surface area contributed by atoms with Crippen LogP contribution in [0.2, 0.25) is 0 Å². The average Bonchev–Trinajstić information content (AvgIpc) is 3.33. The van der Waals surface area contributed by atoms with Crippen molar-refractivity contribution in [2.45, 2.75) is 30.2 Å². The zero-order valence-electron chi connectivity index (χ0n) is 17.5. The molecular weight excluding hydrogens is 461 g/mol. The first-order valence-electron chi connectivity index (χ1n) is 10.5. The molecule has 1 atom stereocenters. The van der Waals surface area contributed by atoms with Crippen LogP contribution >= 0.6 is 0 Å². The number of nitrogens with one attached hydrogen (secondary N) is 1. The number of alkyl halides is 3. The molecule has 0 radical (unpaired) electrons. The van der Waals surface area contributed by atoms with Crippen molar-refractivity contribution in [3.05, 3.63) is 59.7 Å². The fraction of sp³-hybridized carbons (Fsp3) is 0.409. The van der Waals surface area contributed by atoms with E-state index in [0.29, 0.717) is 31.9 Å². The number of anilines is 1. The number of ether oxygens (including phenoxy) is 2. The summed E-state index contributed by atoms with van der Waals surface area (Å²) in [5.41, 5.74) is -0.848. The van der Waals surface area contributed by atoms with Gasteiger partial charge in [-0.15, -0.1) is 0 Å². The van der Waals surface area contributed by atoms with E-state index < -0.39 is 21.8 Å². The Balaban J connectivity index is 1.44. The Morgan fingerprint density at radius 2 is 1.76 bits per heavy atom. The minimum atomic E-state index is -4.59. The summed E-state index contributed by atoms with van der Waals surface area (Å²) in [6, 6.07) is 9.24.